The van der Waals surface area contributed by atoms with Crippen LogP contribution < -0.4 is 5.32 Å². The number of aliphatic hydroxyl groups is 1. The SMILES string of the molecule is CC[C@H]1CCC[C@H](O[C@H]2CC[C@H](N(C)C)C(C)O2)[C@@H](C)C(=O)C2=C[C@H]3[C@@H]4C[C@H](O[C@@H]5OC(C)[C@H](OC)C(OC)[C@@H]5OC)C[C@H]4[C@H](Nc4c(C)cc(C)cc4C)[C@@H](O)[C@H]3[C@@H]2CC(=O)O1. The number of carbonyl (C=O) groups is 2. The number of hydrogen-bond acceptors (Lipinski definition) is 13. The molecule has 3 saturated heterocycles. The number of benzene rings is 1. The van der Waals surface area contributed by atoms with Crippen LogP contribution in [0.2, 0.25) is 0 Å². The molecule has 3 unspecified atom stereocenters. The quantitative estimate of drug-likeness (QED) is 0.228. The van der Waals surface area contributed by atoms with E-state index in [9.17, 15) is 9.90 Å². The van der Waals surface area contributed by atoms with Gasteiger partial charge in [-0.3, -0.25) is 9.59 Å². The van der Waals surface area contributed by atoms with Gasteiger partial charge in [-0.05, 0) is 135 Å². The Morgan fingerprint density at radius 2 is 1.52 bits per heavy atom. The van der Waals surface area contributed by atoms with Crippen molar-refractivity contribution in [2.24, 2.45) is 35.5 Å². The molecule has 5 fully saturated rings. The molecule has 0 bridgehead atoms. The monoisotopic (exact) mass is 883 g/mol. The lowest BCUT2D eigenvalue weighted by Gasteiger charge is -2.48. The van der Waals surface area contributed by atoms with Crippen molar-refractivity contribution in [1.29, 1.82) is 0 Å². The highest BCUT2D eigenvalue weighted by molar-refractivity contribution is 5.99. The van der Waals surface area contributed by atoms with Crippen molar-refractivity contribution in [1.82, 2.24) is 4.90 Å². The number of rotatable bonds is 11. The van der Waals surface area contributed by atoms with Gasteiger partial charge in [-0.15, -0.1) is 0 Å². The number of ketones is 1. The van der Waals surface area contributed by atoms with Gasteiger partial charge in [0.2, 0.25) is 0 Å². The fourth-order valence-electron chi connectivity index (χ4n) is 12.8. The van der Waals surface area contributed by atoms with Gasteiger partial charge in [0.1, 0.15) is 24.4 Å². The Hall–Kier alpha value is -2.46. The summed E-state index contributed by atoms with van der Waals surface area (Å²) >= 11 is 0. The second-order valence-electron chi connectivity index (χ2n) is 20.0. The zero-order chi connectivity index (χ0) is 45.4. The molecular formula is C50H78N2O11. The number of nitrogens with zero attached hydrogens (tertiary/aromatic N) is 1. The van der Waals surface area contributed by atoms with Gasteiger partial charge < -0.3 is 53.2 Å². The van der Waals surface area contributed by atoms with Gasteiger partial charge in [0.15, 0.2) is 18.4 Å². The summed E-state index contributed by atoms with van der Waals surface area (Å²) in [4.78, 5) is 31.4. The summed E-state index contributed by atoms with van der Waals surface area (Å²) in [7, 11) is 9.10. The van der Waals surface area contributed by atoms with Gasteiger partial charge >= 0.3 is 5.97 Å². The number of carbonyl (C=O) groups excluding carboxylic acids is 2. The Labute approximate surface area is 376 Å². The normalized spacial score (nSPS) is 42.4. The molecule has 2 N–H and O–H groups in total. The average molecular weight is 883 g/mol. The van der Waals surface area contributed by atoms with Gasteiger partial charge in [0.25, 0.3) is 0 Å². The smallest absolute Gasteiger partial charge is 0.306 e. The standard InChI is InChI=1S/C50H78N2O11/c1-13-31-15-14-16-39(63-41-18-17-38(52(8)9)29(6)59-41)28(5)45(54)37-23-34-33-21-32(62-50-49(58-12)48(57-11)47(56-10)30(7)60-50)22-36(33)44(46(55)42(34)35(37)24-40(53)61-31)51-43-26(3)19-25(2)20-27(43)4/h19-20,23,28-36,38-39,41-42,44,46-51,55H,13-18,21-22,24H2,1-12H3/t28-,29?,30?,31+,32+,33+,34+,35-,36-,38+,39+,41+,42-,44+,46+,47+,48?,49+,50+/m1/s1. The lowest BCUT2D eigenvalue weighted by Crippen LogP contribution is -2.59. The number of cyclic esters (lactones) is 1. The number of allylic oxidation sites excluding steroid dienone is 2. The van der Waals surface area contributed by atoms with E-state index < -0.39 is 48.6 Å². The van der Waals surface area contributed by atoms with Crippen LogP contribution in [0.25, 0.3) is 0 Å². The minimum Gasteiger partial charge on any atom is -0.462 e. The van der Waals surface area contributed by atoms with Crippen LogP contribution in [-0.4, -0.2) is 137 Å². The lowest BCUT2D eigenvalue weighted by molar-refractivity contribution is -0.314. The third kappa shape index (κ3) is 9.98. The van der Waals surface area contributed by atoms with Crippen molar-refractivity contribution in [2.75, 3.05) is 40.7 Å². The second-order valence-corrected chi connectivity index (χ2v) is 20.0. The largest absolute Gasteiger partial charge is 0.462 e. The number of likely N-dealkylation sites (N-methyl/N-ethyl adjacent to an activating group) is 1. The van der Waals surface area contributed by atoms with Crippen LogP contribution in [0.5, 0.6) is 0 Å². The van der Waals surface area contributed by atoms with Gasteiger partial charge in [0.05, 0.1) is 43.0 Å². The number of anilines is 1. The summed E-state index contributed by atoms with van der Waals surface area (Å²) < 4.78 is 50.5. The van der Waals surface area contributed by atoms with Crippen LogP contribution in [0.1, 0.15) is 102 Å². The maximum atomic E-state index is 15.2. The highest BCUT2D eigenvalue weighted by Crippen LogP contribution is 2.58. The minimum atomic E-state index is -0.883. The molecule has 19 atom stereocenters. The first kappa shape index (κ1) is 48.5. The van der Waals surface area contributed by atoms with Crippen molar-refractivity contribution in [3.8, 4) is 0 Å². The zero-order valence-corrected chi connectivity index (χ0v) is 40.0. The maximum Gasteiger partial charge on any atom is 0.306 e. The van der Waals surface area contributed by atoms with E-state index in [0.29, 0.717) is 43.7 Å². The summed E-state index contributed by atoms with van der Waals surface area (Å²) in [5.41, 5.74) is 4.99. The number of aryl methyl sites for hydroxylation is 3. The molecule has 63 heavy (non-hydrogen) atoms. The molecule has 3 aliphatic carbocycles. The summed E-state index contributed by atoms with van der Waals surface area (Å²) in [6.07, 6.45) is 3.52. The molecule has 1 aromatic rings. The third-order valence-corrected chi connectivity index (χ3v) is 15.9. The van der Waals surface area contributed by atoms with Crippen LogP contribution in [0, 0.1) is 56.3 Å². The molecule has 3 aliphatic heterocycles. The molecular weight excluding hydrogens is 805 g/mol. The van der Waals surface area contributed by atoms with Crippen LogP contribution in [0.3, 0.4) is 0 Å². The zero-order valence-electron chi connectivity index (χ0n) is 40.0. The molecule has 354 valence electrons. The summed E-state index contributed by atoms with van der Waals surface area (Å²) in [5.74, 6) is -1.93. The first-order valence-corrected chi connectivity index (χ1v) is 23.9. The van der Waals surface area contributed by atoms with Crippen LogP contribution in [0.4, 0.5) is 5.69 Å². The number of methoxy groups -OCH3 is 3. The van der Waals surface area contributed by atoms with Crippen molar-refractivity contribution in [2.45, 2.75) is 186 Å². The third-order valence-electron chi connectivity index (χ3n) is 15.9. The fourth-order valence-corrected chi connectivity index (χ4v) is 12.8. The molecule has 6 aliphatic rings. The molecule has 0 spiro atoms. The number of hydrogen-bond donors (Lipinski definition) is 2. The lowest BCUT2D eigenvalue weighted by atomic mass is 9.62. The Morgan fingerprint density at radius 3 is 2.16 bits per heavy atom. The number of Topliss-reactive ketones (excluding diaryl/α,β-unsaturated/α-hetero) is 1. The fraction of sp³-hybridized carbons (Fsp3) is 0.800. The number of ether oxygens (including phenoxy) is 8. The molecule has 13 nitrogen and oxygen atoms in total. The van der Waals surface area contributed by atoms with Gasteiger partial charge in [-0.1, -0.05) is 37.6 Å². The van der Waals surface area contributed by atoms with E-state index in [1.807, 2.05) is 20.8 Å². The Morgan fingerprint density at radius 1 is 0.841 bits per heavy atom. The average Bonchev–Trinajstić information content (AvgIpc) is 3.82. The molecule has 0 amide bonds. The van der Waals surface area contributed by atoms with E-state index in [2.05, 4.69) is 70.2 Å². The summed E-state index contributed by atoms with van der Waals surface area (Å²) in [5, 5.41) is 16.8. The van der Waals surface area contributed by atoms with Gasteiger partial charge in [-0.25, -0.2) is 0 Å². The Bertz CT molecular complexity index is 1750. The highest BCUT2D eigenvalue weighted by Gasteiger charge is 2.60. The van der Waals surface area contributed by atoms with Crippen LogP contribution >= 0.6 is 0 Å². The van der Waals surface area contributed by atoms with E-state index >= 15 is 4.79 Å². The van der Waals surface area contributed by atoms with E-state index in [1.54, 1.807) is 21.3 Å². The molecule has 7 rings (SSSR count). The molecule has 2 saturated carbocycles. The van der Waals surface area contributed by atoms with E-state index in [1.165, 1.54) is 5.56 Å². The Kier molecular flexibility index (Phi) is 15.8. The number of nitrogens with one attached hydrogen (secondary N) is 1. The summed E-state index contributed by atoms with van der Waals surface area (Å²) in [6, 6.07) is 4.24. The minimum absolute atomic E-state index is 0.00948. The van der Waals surface area contributed by atoms with E-state index in [0.717, 1.165) is 36.1 Å². The van der Waals surface area contributed by atoms with Gasteiger partial charge in [-0.2, -0.15) is 0 Å². The van der Waals surface area contributed by atoms with Crippen LogP contribution in [0.15, 0.2) is 23.8 Å². The van der Waals surface area contributed by atoms with Gasteiger partial charge in [0, 0.05) is 50.8 Å². The number of fused-ring (bicyclic) bond motifs is 5. The molecule has 13 heteroatoms. The molecule has 0 radical (unpaired) electrons. The van der Waals surface area contributed by atoms with Crippen molar-refractivity contribution < 1.29 is 52.6 Å². The molecule has 3 heterocycles. The second kappa shape index (κ2) is 20.6. The van der Waals surface area contributed by atoms with Crippen LogP contribution in [-0.2, 0) is 47.5 Å². The summed E-state index contributed by atoms with van der Waals surface area (Å²) in [6.45, 7) is 14.4. The molecule has 0 aromatic heterocycles. The predicted octanol–water partition coefficient (Wildman–Crippen LogP) is 6.70. The molecule has 1 aromatic carbocycles. The number of esters is 1. The topological polar surface area (TPSA) is 143 Å². The van der Waals surface area contributed by atoms with E-state index in [4.69, 9.17) is 37.9 Å². The first-order valence-electron chi connectivity index (χ1n) is 23.9. The van der Waals surface area contributed by atoms with E-state index in [-0.39, 0.29) is 78.6 Å². The first-order chi connectivity index (χ1) is 30.1. The van der Waals surface area contributed by atoms with Crippen molar-refractivity contribution in [3.63, 3.8) is 0 Å². The number of aliphatic hydroxyl groups excluding tert-OH is 1. The Balaban J connectivity index is 1.23. The van der Waals surface area contributed by atoms with Crippen molar-refractivity contribution >= 4 is 17.4 Å². The maximum absolute atomic E-state index is 15.2. The highest BCUT2D eigenvalue weighted by atomic mass is 16.7. The van der Waals surface area contributed by atoms with Crippen molar-refractivity contribution in [3.05, 3.63) is 40.5 Å². The predicted molar refractivity (Wildman–Crippen MR) is 239 cm³/mol.